The summed E-state index contributed by atoms with van der Waals surface area (Å²) in [7, 11) is 0. The van der Waals surface area contributed by atoms with Gasteiger partial charge in [-0.3, -0.25) is 0 Å². The predicted molar refractivity (Wildman–Crippen MR) is 122 cm³/mol. The van der Waals surface area contributed by atoms with Gasteiger partial charge in [-0.1, -0.05) is 88.2 Å². The van der Waals surface area contributed by atoms with Crippen molar-refractivity contribution in [2.45, 2.75) is 78.1 Å². The minimum absolute atomic E-state index is 0.979. The Kier molecular flexibility index (Phi) is 10.7. The third-order valence-corrected chi connectivity index (χ3v) is 4.90. The Balaban J connectivity index is 1.80. The second-order valence-electron chi connectivity index (χ2n) is 7.45. The second kappa shape index (κ2) is 13.7. The molecule has 2 aromatic rings. The van der Waals surface area contributed by atoms with Crippen LogP contribution in [0.2, 0.25) is 0 Å². The summed E-state index contributed by atoms with van der Waals surface area (Å²) in [5, 5.41) is 0. The Hall–Kier alpha value is -2.44. The number of rotatable bonds is 9. The standard InChI is InChI=1S/C28H34/c1-3-5-7-9-10-12-14-26-17-21-28(22-18-26)24-23-27-19-15-25(16-20-27)13-11-8-6-4-2/h15-22H,3-10,12,14H2,1-2H3. The molecule has 0 aliphatic heterocycles. The molecule has 0 saturated carbocycles. The van der Waals surface area contributed by atoms with Gasteiger partial charge in [0.05, 0.1) is 0 Å². The van der Waals surface area contributed by atoms with Crippen LogP contribution in [-0.4, -0.2) is 0 Å². The lowest BCUT2D eigenvalue weighted by molar-refractivity contribution is 0.607. The number of benzene rings is 2. The van der Waals surface area contributed by atoms with Crippen molar-refractivity contribution < 1.29 is 0 Å². The summed E-state index contributed by atoms with van der Waals surface area (Å²) in [4.78, 5) is 0. The maximum atomic E-state index is 3.27. The lowest BCUT2D eigenvalue weighted by Crippen LogP contribution is -1.87. The molecule has 0 bridgehead atoms. The monoisotopic (exact) mass is 370 g/mol. The summed E-state index contributed by atoms with van der Waals surface area (Å²) in [6.45, 7) is 4.46. The quantitative estimate of drug-likeness (QED) is 0.316. The molecule has 0 unspecified atom stereocenters. The molecule has 0 saturated heterocycles. The Morgan fingerprint density at radius 1 is 0.536 bits per heavy atom. The van der Waals surface area contributed by atoms with Crippen molar-refractivity contribution in [1.29, 1.82) is 0 Å². The van der Waals surface area contributed by atoms with Gasteiger partial charge in [0, 0.05) is 23.1 Å². The average Bonchev–Trinajstić information content (AvgIpc) is 2.74. The number of unbranched alkanes of at least 4 members (excludes halogenated alkanes) is 7. The lowest BCUT2D eigenvalue weighted by atomic mass is 10.0. The minimum Gasteiger partial charge on any atom is -0.0979 e. The molecule has 0 spiro atoms. The van der Waals surface area contributed by atoms with Crippen LogP contribution in [0.25, 0.3) is 0 Å². The van der Waals surface area contributed by atoms with Crippen LogP contribution >= 0.6 is 0 Å². The highest BCUT2D eigenvalue weighted by atomic mass is 14.0. The molecule has 0 aliphatic carbocycles. The van der Waals surface area contributed by atoms with Crippen molar-refractivity contribution in [3.8, 4) is 23.7 Å². The number of aryl methyl sites for hydroxylation is 1. The Bertz CT molecular complexity index is 786. The van der Waals surface area contributed by atoms with Crippen molar-refractivity contribution in [3.05, 3.63) is 70.8 Å². The molecule has 0 aromatic heterocycles. The fraction of sp³-hybridized carbons (Fsp3) is 0.429. The van der Waals surface area contributed by atoms with Gasteiger partial charge in [0.1, 0.15) is 0 Å². The predicted octanol–water partition coefficient (Wildman–Crippen LogP) is 7.53. The van der Waals surface area contributed by atoms with Gasteiger partial charge in [-0.2, -0.15) is 0 Å². The highest BCUT2D eigenvalue weighted by Gasteiger charge is 1.95. The molecule has 0 nitrogen and oxygen atoms in total. The molecular formula is C28H34. The molecule has 146 valence electrons. The molecule has 0 atom stereocenters. The highest BCUT2D eigenvalue weighted by Crippen LogP contribution is 2.11. The van der Waals surface area contributed by atoms with E-state index in [2.05, 4.69) is 86.1 Å². The van der Waals surface area contributed by atoms with E-state index in [1.54, 1.807) is 0 Å². The topological polar surface area (TPSA) is 0 Å². The van der Waals surface area contributed by atoms with E-state index in [0.29, 0.717) is 0 Å². The van der Waals surface area contributed by atoms with E-state index in [9.17, 15) is 0 Å². The molecule has 0 amide bonds. The first kappa shape index (κ1) is 21.9. The van der Waals surface area contributed by atoms with Crippen LogP contribution in [-0.2, 0) is 6.42 Å². The first-order valence-electron chi connectivity index (χ1n) is 11.0. The summed E-state index contributed by atoms with van der Waals surface area (Å²) < 4.78 is 0. The van der Waals surface area contributed by atoms with Crippen molar-refractivity contribution in [2.75, 3.05) is 0 Å². The highest BCUT2D eigenvalue weighted by molar-refractivity contribution is 5.46. The largest absolute Gasteiger partial charge is 0.0979 e. The Morgan fingerprint density at radius 2 is 1.04 bits per heavy atom. The summed E-state index contributed by atoms with van der Waals surface area (Å²) in [6.07, 6.45) is 12.6. The molecule has 0 heteroatoms. The van der Waals surface area contributed by atoms with Gasteiger partial charge >= 0.3 is 0 Å². The van der Waals surface area contributed by atoms with Crippen LogP contribution in [0.1, 0.15) is 93.9 Å². The van der Waals surface area contributed by atoms with E-state index in [0.717, 1.165) is 23.1 Å². The van der Waals surface area contributed by atoms with E-state index in [1.807, 2.05) is 0 Å². The molecular weight excluding hydrogens is 336 g/mol. The van der Waals surface area contributed by atoms with Crippen LogP contribution in [0.15, 0.2) is 48.5 Å². The van der Waals surface area contributed by atoms with Crippen molar-refractivity contribution in [3.63, 3.8) is 0 Å². The summed E-state index contributed by atoms with van der Waals surface area (Å²) in [5.41, 5.74) is 4.61. The minimum atomic E-state index is 0.979. The first-order chi connectivity index (χ1) is 13.8. The smallest absolute Gasteiger partial charge is 0.0249 e. The van der Waals surface area contributed by atoms with Gasteiger partial charge < -0.3 is 0 Å². The molecule has 0 N–H and O–H groups in total. The van der Waals surface area contributed by atoms with Crippen molar-refractivity contribution in [2.24, 2.45) is 0 Å². The Morgan fingerprint density at radius 3 is 1.64 bits per heavy atom. The fourth-order valence-corrected chi connectivity index (χ4v) is 3.08. The maximum Gasteiger partial charge on any atom is 0.0249 e. The third-order valence-electron chi connectivity index (χ3n) is 4.90. The second-order valence-corrected chi connectivity index (χ2v) is 7.45. The van der Waals surface area contributed by atoms with E-state index in [4.69, 9.17) is 0 Å². The number of hydrogen-bond donors (Lipinski definition) is 0. The fourth-order valence-electron chi connectivity index (χ4n) is 3.08. The van der Waals surface area contributed by atoms with Gasteiger partial charge in [0.15, 0.2) is 0 Å². The van der Waals surface area contributed by atoms with E-state index >= 15 is 0 Å². The summed E-state index contributed by atoms with van der Waals surface area (Å²) in [5.74, 6) is 13.0. The van der Waals surface area contributed by atoms with Gasteiger partial charge in [-0.25, -0.2) is 0 Å². The Labute approximate surface area is 172 Å². The number of hydrogen-bond acceptors (Lipinski definition) is 0. The van der Waals surface area contributed by atoms with Crippen LogP contribution in [0.4, 0.5) is 0 Å². The molecule has 0 aliphatic rings. The van der Waals surface area contributed by atoms with Crippen molar-refractivity contribution in [1.82, 2.24) is 0 Å². The molecule has 28 heavy (non-hydrogen) atoms. The van der Waals surface area contributed by atoms with Crippen LogP contribution in [0, 0.1) is 23.7 Å². The van der Waals surface area contributed by atoms with E-state index in [-0.39, 0.29) is 0 Å². The zero-order chi connectivity index (χ0) is 19.9. The van der Waals surface area contributed by atoms with Crippen LogP contribution in [0.5, 0.6) is 0 Å². The SMILES string of the molecule is CCCCC#Cc1ccc(C#Cc2ccc(CCCCCCCC)cc2)cc1. The van der Waals surface area contributed by atoms with Gasteiger partial charge in [0.2, 0.25) is 0 Å². The molecule has 2 rings (SSSR count). The molecule has 0 radical (unpaired) electrons. The average molecular weight is 371 g/mol. The van der Waals surface area contributed by atoms with E-state index in [1.165, 1.54) is 63.4 Å². The lowest BCUT2D eigenvalue weighted by Gasteiger charge is -2.02. The zero-order valence-corrected chi connectivity index (χ0v) is 17.7. The first-order valence-corrected chi connectivity index (χ1v) is 11.0. The van der Waals surface area contributed by atoms with Crippen LogP contribution in [0.3, 0.4) is 0 Å². The van der Waals surface area contributed by atoms with Crippen molar-refractivity contribution >= 4 is 0 Å². The summed E-state index contributed by atoms with van der Waals surface area (Å²) >= 11 is 0. The summed E-state index contributed by atoms with van der Waals surface area (Å²) in [6, 6.07) is 17.0. The van der Waals surface area contributed by atoms with E-state index < -0.39 is 0 Å². The molecule has 0 fully saturated rings. The van der Waals surface area contributed by atoms with Gasteiger partial charge in [-0.05, 0) is 61.2 Å². The third kappa shape index (κ3) is 8.97. The molecule has 2 aromatic carbocycles. The van der Waals surface area contributed by atoms with Gasteiger partial charge in [-0.15, -0.1) is 0 Å². The molecule has 0 heterocycles. The van der Waals surface area contributed by atoms with Crippen LogP contribution < -0.4 is 0 Å². The normalized spacial score (nSPS) is 9.93. The van der Waals surface area contributed by atoms with Gasteiger partial charge in [0.25, 0.3) is 0 Å². The maximum absolute atomic E-state index is 3.27. The zero-order valence-electron chi connectivity index (χ0n) is 17.7.